The molecule has 4 rings (SSSR count). The Kier molecular flexibility index (Phi) is 5.38. The van der Waals surface area contributed by atoms with Crippen molar-refractivity contribution in [3.63, 3.8) is 0 Å². The molecule has 2 aromatic rings. The van der Waals surface area contributed by atoms with Gasteiger partial charge in [-0.3, -0.25) is 9.69 Å². The van der Waals surface area contributed by atoms with Crippen LogP contribution in [-0.2, 0) is 19.6 Å². The van der Waals surface area contributed by atoms with Gasteiger partial charge in [0.25, 0.3) is 5.91 Å². The van der Waals surface area contributed by atoms with E-state index in [0.717, 1.165) is 50.8 Å². The molecule has 0 N–H and O–H groups in total. The summed E-state index contributed by atoms with van der Waals surface area (Å²) >= 11 is 0. The Morgan fingerprint density at radius 1 is 1.07 bits per heavy atom. The first-order valence-corrected chi connectivity index (χ1v) is 9.81. The Balaban J connectivity index is 1.49. The number of aromatic nitrogens is 3. The summed E-state index contributed by atoms with van der Waals surface area (Å²) in [7, 11) is 1.61. The molecule has 1 fully saturated rings. The average Bonchev–Trinajstić information content (AvgIpc) is 2.96. The van der Waals surface area contributed by atoms with Crippen molar-refractivity contribution in [1.29, 1.82) is 0 Å². The molecule has 0 saturated carbocycles. The lowest BCUT2D eigenvalue weighted by Gasteiger charge is -2.25. The molecule has 144 valence electrons. The minimum Gasteiger partial charge on any atom is -0.497 e. The molecule has 0 bridgehead atoms. The Morgan fingerprint density at radius 3 is 2.74 bits per heavy atom. The summed E-state index contributed by atoms with van der Waals surface area (Å²) in [4.78, 5) is 17.3. The van der Waals surface area contributed by atoms with Crippen molar-refractivity contribution < 1.29 is 9.53 Å². The summed E-state index contributed by atoms with van der Waals surface area (Å²) in [5.74, 6) is 2.63. The highest BCUT2D eigenvalue weighted by Crippen LogP contribution is 2.20. The maximum Gasteiger partial charge on any atom is 0.254 e. The van der Waals surface area contributed by atoms with Gasteiger partial charge in [-0.1, -0.05) is 12.5 Å². The number of nitrogens with zero attached hydrogens (tertiary/aromatic N) is 5. The smallest absolute Gasteiger partial charge is 0.254 e. The van der Waals surface area contributed by atoms with Crippen LogP contribution in [0.2, 0.25) is 0 Å². The van der Waals surface area contributed by atoms with E-state index in [-0.39, 0.29) is 5.91 Å². The van der Waals surface area contributed by atoms with E-state index in [9.17, 15) is 4.79 Å². The van der Waals surface area contributed by atoms with Crippen molar-refractivity contribution in [2.45, 2.75) is 45.3 Å². The van der Waals surface area contributed by atoms with Crippen LogP contribution in [0.4, 0.5) is 0 Å². The molecule has 2 aliphatic rings. The zero-order chi connectivity index (χ0) is 18.6. The highest BCUT2D eigenvalue weighted by Gasteiger charge is 2.24. The van der Waals surface area contributed by atoms with Gasteiger partial charge in [-0.2, -0.15) is 0 Å². The number of likely N-dealkylation sites (tertiary alicyclic amines) is 1. The van der Waals surface area contributed by atoms with E-state index in [0.29, 0.717) is 17.9 Å². The van der Waals surface area contributed by atoms with E-state index in [1.807, 2.05) is 23.1 Å². The van der Waals surface area contributed by atoms with E-state index < -0.39 is 0 Å². The van der Waals surface area contributed by atoms with Gasteiger partial charge >= 0.3 is 0 Å². The summed E-state index contributed by atoms with van der Waals surface area (Å²) in [6.07, 6.45) is 4.77. The number of hydrogen-bond acceptors (Lipinski definition) is 5. The van der Waals surface area contributed by atoms with E-state index in [4.69, 9.17) is 4.74 Å². The lowest BCUT2D eigenvalue weighted by molar-refractivity contribution is 0.0743. The molecule has 1 saturated heterocycles. The molecular formula is C20H27N5O2. The summed E-state index contributed by atoms with van der Waals surface area (Å²) in [6, 6.07) is 7.33. The molecule has 3 heterocycles. The quantitative estimate of drug-likeness (QED) is 0.828. The fourth-order valence-corrected chi connectivity index (χ4v) is 3.96. The molecule has 2 aliphatic heterocycles. The SMILES string of the molecule is COc1cccc(C(=O)N2CCCn3c(CN4CCCCC4)nnc3C2)c1. The molecule has 1 aromatic carbocycles. The first kappa shape index (κ1) is 18.0. The minimum absolute atomic E-state index is 0.0166. The van der Waals surface area contributed by atoms with E-state index in [2.05, 4.69) is 19.7 Å². The number of carbonyl (C=O) groups is 1. The molecule has 7 nitrogen and oxygen atoms in total. The Hall–Kier alpha value is -2.41. The molecule has 0 spiro atoms. The first-order chi connectivity index (χ1) is 13.2. The fraction of sp³-hybridized carbons (Fsp3) is 0.550. The standard InChI is InChI=1S/C20H27N5O2/c1-27-17-8-5-7-16(13-17)20(26)24-11-6-12-25-18(21-22-19(25)15-24)14-23-9-3-2-4-10-23/h5,7-8,13H,2-4,6,9-12,14-15H2,1H3. The predicted octanol–water partition coefficient (Wildman–Crippen LogP) is 2.32. The average molecular weight is 369 g/mol. The van der Waals surface area contributed by atoms with Crippen molar-refractivity contribution in [2.24, 2.45) is 0 Å². The second-order valence-corrected chi connectivity index (χ2v) is 7.33. The number of methoxy groups -OCH3 is 1. The highest BCUT2D eigenvalue weighted by molar-refractivity contribution is 5.94. The van der Waals surface area contributed by atoms with Gasteiger partial charge in [-0.25, -0.2) is 0 Å². The van der Waals surface area contributed by atoms with Crippen LogP contribution in [0, 0.1) is 0 Å². The zero-order valence-corrected chi connectivity index (χ0v) is 15.9. The molecule has 0 radical (unpaired) electrons. The van der Waals surface area contributed by atoms with Gasteiger partial charge in [0.05, 0.1) is 20.2 Å². The number of rotatable bonds is 4. The second-order valence-electron chi connectivity index (χ2n) is 7.33. The van der Waals surface area contributed by atoms with Crippen molar-refractivity contribution in [2.75, 3.05) is 26.7 Å². The van der Waals surface area contributed by atoms with Crippen LogP contribution in [-0.4, -0.2) is 57.2 Å². The number of amides is 1. The lowest BCUT2D eigenvalue weighted by atomic mass is 10.1. The number of hydrogen-bond donors (Lipinski definition) is 0. The number of piperidine rings is 1. The highest BCUT2D eigenvalue weighted by atomic mass is 16.5. The first-order valence-electron chi connectivity index (χ1n) is 9.81. The summed E-state index contributed by atoms with van der Waals surface area (Å²) in [5, 5.41) is 8.85. The maximum atomic E-state index is 13.0. The van der Waals surface area contributed by atoms with Crippen LogP contribution >= 0.6 is 0 Å². The van der Waals surface area contributed by atoms with Crippen molar-refractivity contribution in [1.82, 2.24) is 24.6 Å². The molecule has 0 aliphatic carbocycles. The molecule has 0 atom stereocenters. The minimum atomic E-state index is 0.0166. The number of carbonyl (C=O) groups excluding carboxylic acids is 1. The largest absolute Gasteiger partial charge is 0.497 e. The molecule has 1 amide bonds. The number of fused-ring (bicyclic) bond motifs is 1. The Labute approximate surface area is 159 Å². The normalized spacial score (nSPS) is 18.0. The molecule has 7 heteroatoms. The third-order valence-corrected chi connectivity index (χ3v) is 5.46. The summed E-state index contributed by atoms with van der Waals surface area (Å²) in [5.41, 5.74) is 0.649. The topological polar surface area (TPSA) is 63.5 Å². The van der Waals surface area contributed by atoms with Gasteiger partial charge in [0.1, 0.15) is 11.6 Å². The molecular weight excluding hydrogens is 342 g/mol. The molecule has 1 aromatic heterocycles. The number of ether oxygens (including phenoxy) is 1. The summed E-state index contributed by atoms with van der Waals surface area (Å²) in [6.45, 7) is 5.24. The van der Waals surface area contributed by atoms with Gasteiger partial charge in [-0.05, 0) is 50.6 Å². The monoisotopic (exact) mass is 369 g/mol. The lowest BCUT2D eigenvalue weighted by Crippen LogP contribution is -2.31. The Morgan fingerprint density at radius 2 is 1.93 bits per heavy atom. The van der Waals surface area contributed by atoms with Crippen molar-refractivity contribution >= 4 is 5.91 Å². The van der Waals surface area contributed by atoms with Gasteiger partial charge in [0.2, 0.25) is 0 Å². The fourth-order valence-electron chi connectivity index (χ4n) is 3.96. The van der Waals surface area contributed by atoms with E-state index in [1.54, 1.807) is 13.2 Å². The number of benzene rings is 1. The molecule has 27 heavy (non-hydrogen) atoms. The van der Waals surface area contributed by atoms with E-state index >= 15 is 0 Å². The van der Waals surface area contributed by atoms with Crippen LogP contribution in [0.15, 0.2) is 24.3 Å². The van der Waals surface area contributed by atoms with Crippen LogP contribution in [0.3, 0.4) is 0 Å². The van der Waals surface area contributed by atoms with E-state index in [1.165, 1.54) is 19.3 Å². The van der Waals surface area contributed by atoms with Gasteiger partial charge in [-0.15, -0.1) is 10.2 Å². The predicted molar refractivity (Wildman–Crippen MR) is 102 cm³/mol. The van der Waals surface area contributed by atoms with Crippen LogP contribution in [0.5, 0.6) is 5.75 Å². The second kappa shape index (κ2) is 8.08. The van der Waals surface area contributed by atoms with Gasteiger partial charge in [0.15, 0.2) is 5.82 Å². The summed E-state index contributed by atoms with van der Waals surface area (Å²) < 4.78 is 7.46. The third kappa shape index (κ3) is 3.98. The van der Waals surface area contributed by atoms with Crippen LogP contribution < -0.4 is 4.74 Å². The van der Waals surface area contributed by atoms with Crippen LogP contribution in [0.25, 0.3) is 0 Å². The van der Waals surface area contributed by atoms with Crippen molar-refractivity contribution in [3.05, 3.63) is 41.5 Å². The third-order valence-electron chi connectivity index (χ3n) is 5.46. The van der Waals surface area contributed by atoms with Crippen molar-refractivity contribution in [3.8, 4) is 5.75 Å². The zero-order valence-electron chi connectivity index (χ0n) is 15.9. The Bertz CT molecular complexity index is 797. The van der Waals surface area contributed by atoms with Gasteiger partial charge < -0.3 is 14.2 Å². The maximum absolute atomic E-state index is 13.0. The van der Waals surface area contributed by atoms with Crippen LogP contribution in [0.1, 0.15) is 47.7 Å². The molecule has 0 unspecified atom stereocenters. The van der Waals surface area contributed by atoms with Gasteiger partial charge in [0, 0.05) is 18.7 Å².